The van der Waals surface area contributed by atoms with Crippen LogP contribution in [0, 0.1) is 11.3 Å². The molecule has 0 spiro atoms. The Labute approximate surface area is 143 Å². The zero-order valence-corrected chi connectivity index (χ0v) is 13.4. The molecule has 0 N–H and O–H groups in total. The van der Waals surface area contributed by atoms with Crippen LogP contribution in [0.1, 0.15) is 19.3 Å². The molecule has 0 bridgehead atoms. The number of urea groups is 1. The lowest BCUT2D eigenvalue weighted by Gasteiger charge is -2.24. The number of aromatic nitrogens is 1. The van der Waals surface area contributed by atoms with E-state index in [-0.39, 0.29) is 25.8 Å². The Balaban J connectivity index is 1.72. The SMILES string of the molecule is N#CC1CN([C@H]2CCC(F)(F)C2)C(=O)N1c1cncc2ccccc12. The average Bonchev–Trinajstić information content (AvgIpc) is 3.13. The Morgan fingerprint density at radius 1 is 1.28 bits per heavy atom. The van der Waals surface area contributed by atoms with Gasteiger partial charge in [-0.3, -0.25) is 9.88 Å². The predicted octanol–water partition coefficient (Wildman–Crippen LogP) is 3.56. The Morgan fingerprint density at radius 3 is 2.80 bits per heavy atom. The number of rotatable bonds is 2. The minimum absolute atomic E-state index is 0.138. The van der Waals surface area contributed by atoms with E-state index in [2.05, 4.69) is 11.1 Å². The monoisotopic (exact) mass is 342 g/mol. The van der Waals surface area contributed by atoms with Crippen LogP contribution in [0.3, 0.4) is 0 Å². The lowest BCUT2D eigenvalue weighted by Crippen LogP contribution is -2.39. The third kappa shape index (κ3) is 2.58. The summed E-state index contributed by atoms with van der Waals surface area (Å²) in [6, 6.07) is 7.96. The number of alkyl halides is 2. The van der Waals surface area contributed by atoms with Gasteiger partial charge in [0.05, 0.1) is 24.5 Å². The average molecular weight is 342 g/mol. The van der Waals surface area contributed by atoms with E-state index in [1.54, 1.807) is 12.4 Å². The van der Waals surface area contributed by atoms with E-state index >= 15 is 0 Å². The van der Waals surface area contributed by atoms with Crippen LogP contribution in [-0.2, 0) is 0 Å². The smallest absolute Gasteiger partial charge is 0.318 e. The topological polar surface area (TPSA) is 60.2 Å². The van der Waals surface area contributed by atoms with Crippen molar-refractivity contribution in [3.8, 4) is 6.07 Å². The fourth-order valence-electron chi connectivity index (χ4n) is 3.78. The van der Waals surface area contributed by atoms with Crippen LogP contribution in [0.15, 0.2) is 36.7 Å². The van der Waals surface area contributed by atoms with Crippen molar-refractivity contribution in [2.24, 2.45) is 0 Å². The molecular weight excluding hydrogens is 326 g/mol. The van der Waals surface area contributed by atoms with Crippen LogP contribution in [0.4, 0.5) is 19.3 Å². The lowest BCUT2D eigenvalue weighted by molar-refractivity contribution is 0.00359. The van der Waals surface area contributed by atoms with Gasteiger partial charge in [-0.05, 0) is 6.42 Å². The summed E-state index contributed by atoms with van der Waals surface area (Å²) >= 11 is 0. The van der Waals surface area contributed by atoms with Gasteiger partial charge in [0.25, 0.3) is 0 Å². The Hall–Kier alpha value is -2.75. The number of nitrogens with zero attached hydrogens (tertiary/aromatic N) is 4. The molecular formula is C18H16F2N4O. The summed E-state index contributed by atoms with van der Waals surface area (Å²) in [5.74, 6) is -2.73. The number of amides is 2. The number of pyridine rings is 1. The summed E-state index contributed by atoms with van der Waals surface area (Å²) in [6.07, 6.45) is 2.96. The third-order valence-corrected chi connectivity index (χ3v) is 5.01. The first-order chi connectivity index (χ1) is 12.0. The molecule has 2 heterocycles. The number of carbonyl (C=O) groups excluding carboxylic acids is 1. The molecule has 1 aliphatic carbocycles. The first-order valence-electron chi connectivity index (χ1n) is 8.20. The van der Waals surface area contributed by atoms with Crippen molar-refractivity contribution < 1.29 is 13.6 Å². The van der Waals surface area contributed by atoms with Gasteiger partial charge in [-0.25, -0.2) is 13.6 Å². The predicted molar refractivity (Wildman–Crippen MR) is 88.3 cm³/mol. The molecule has 4 rings (SSSR count). The number of carbonyl (C=O) groups is 1. The van der Waals surface area contributed by atoms with E-state index < -0.39 is 24.0 Å². The van der Waals surface area contributed by atoms with Crippen molar-refractivity contribution in [2.75, 3.05) is 11.4 Å². The van der Waals surface area contributed by atoms with E-state index in [1.165, 1.54) is 9.80 Å². The van der Waals surface area contributed by atoms with Gasteiger partial charge in [0.1, 0.15) is 6.04 Å². The maximum atomic E-state index is 13.6. The van der Waals surface area contributed by atoms with Crippen molar-refractivity contribution in [3.05, 3.63) is 36.7 Å². The molecule has 1 aromatic heterocycles. The first-order valence-corrected chi connectivity index (χ1v) is 8.20. The Bertz CT molecular complexity index is 874. The van der Waals surface area contributed by atoms with E-state index in [0.717, 1.165) is 10.8 Å². The van der Waals surface area contributed by atoms with Crippen LogP contribution in [-0.4, -0.2) is 40.5 Å². The van der Waals surface area contributed by atoms with Crippen LogP contribution in [0.2, 0.25) is 0 Å². The van der Waals surface area contributed by atoms with Gasteiger partial charge < -0.3 is 4.90 Å². The zero-order chi connectivity index (χ0) is 17.6. The van der Waals surface area contributed by atoms with Gasteiger partial charge >= 0.3 is 6.03 Å². The molecule has 7 heteroatoms. The highest BCUT2D eigenvalue weighted by Gasteiger charge is 2.48. The summed E-state index contributed by atoms with van der Waals surface area (Å²) in [5, 5.41) is 11.2. The molecule has 1 aliphatic heterocycles. The number of halogens is 2. The second kappa shape index (κ2) is 5.66. The maximum Gasteiger partial charge on any atom is 0.326 e. The highest BCUT2D eigenvalue weighted by atomic mass is 19.3. The van der Waals surface area contributed by atoms with Gasteiger partial charge in [0, 0.05) is 35.9 Å². The van der Waals surface area contributed by atoms with Gasteiger partial charge in [-0.1, -0.05) is 24.3 Å². The number of fused-ring (bicyclic) bond motifs is 1. The summed E-state index contributed by atoms with van der Waals surface area (Å²) in [6.45, 7) is 0.138. The van der Waals surface area contributed by atoms with Crippen LogP contribution in [0.5, 0.6) is 0 Å². The highest BCUT2D eigenvalue weighted by molar-refractivity contribution is 6.04. The first kappa shape index (κ1) is 15.8. The minimum atomic E-state index is -2.73. The second-order valence-corrected chi connectivity index (χ2v) is 6.58. The third-order valence-electron chi connectivity index (χ3n) is 5.01. The number of anilines is 1. The summed E-state index contributed by atoms with van der Waals surface area (Å²) in [7, 11) is 0. The van der Waals surface area contributed by atoms with Crippen LogP contribution >= 0.6 is 0 Å². The molecule has 1 saturated carbocycles. The molecule has 0 radical (unpaired) electrons. The Kier molecular flexibility index (Phi) is 3.57. The van der Waals surface area contributed by atoms with Crippen molar-refractivity contribution in [1.82, 2.24) is 9.88 Å². The normalized spacial score (nSPS) is 25.6. The second-order valence-electron chi connectivity index (χ2n) is 6.58. The maximum absolute atomic E-state index is 13.6. The van der Waals surface area contributed by atoms with Crippen LogP contribution in [0.25, 0.3) is 10.8 Å². The molecule has 2 aromatic rings. The molecule has 1 aromatic carbocycles. The molecule has 128 valence electrons. The van der Waals surface area contributed by atoms with Crippen molar-refractivity contribution >= 4 is 22.5 Å². The molecule has 5 nitrogen and oxygen atoms in total. The van der Waals surface area contributed by atoms with Gasteiger partial charge in [-0.15, -0.1) is 0 Å². The summed E-state index contributed by atoms with van der Waals surface area (Å²) in [4.78, 5) is 19.9. The van der Waals surface area contributed by atoms with Crippen molar-refractivity contribution in [2.45, 2.75) is 37.3 Å². The highest BCUT2D eigenvalue weighted by Crippen LogP contribution is 2.40. The zero-order valence-electron chi connectivity index (χ0n) is 13.4. The molecule has 1 unspecified atom stereocenters. The summed E-state index contributed by atoms with van der Waals surface area (Å²) in [5.41, 5.74) is 0.543. The largest absolute Gasteiger partial charge is 0.326 e. The van der Waals surface area contributed by atoms with E-state index in [0.29, 0.717) is 5.69 Å². The molecule has 2 fully saturated rings. The van der Waals surface area contributed by atoms with E-state index in [1.807, 2.05) is 24.3 Å². The molecule has 2 aliphatic rings. The quantitative estimate of drug-likeness (QED) is 0.838. The van der Waals surface area contributed by atoms with Gasteiger partial charge in [0.15, 0.2) is 0 Å². The number of benzene rings is 1. The fourth-order valence-corrected chi connectivity index (χ4v) is 3.78. The number of nitriles is 1. The molecule has 1 saturated heterocycles. The van der Waals surface area contributed by atoms with Gasteiger partial charge in [-0.2, -0.15) is 5.26 Å². The van der Waals surface area contributed by atoms with Gasteiger partial charge in [0.2, 0.25) is 5.92 Å². The van der Waals surface area contributed by atoms with Crippen LogP contribution < -0.4 is 4.90 Å². The number of hydrogen-bond donors (Lipinski definition) is 0. The summed E-state index contributed by atoms with van der Waals surface area (Å²) < 4.78 is 27.1. The standard InChI is InChI=1S/C18H16F2N4O/c19-18(20)6-5-13(7-18)23-11-14(8-21)24(17(23)25)16-10-22-9-12-3-1-2-4-15(12)16/h1-4,9-10,13-14H,5-7,11H2/t13-,14?/m0/s1. The van der Waals surface area contributed by atoms with E-state index in [4.69, 9.17) is 0 Å². The molecule has 2 amide bonds. The molecule has 2 atom stereocenters. The lowest BCUT2D eigenvalue weighted by atomic mass is 10.1. The fraction of sp³-hybridized carbons (Fsp3) is 0.389. The van der Waals surface area contributed by atoms with Crippen molar-refractivity contribution in [3.63, 3.8) is 0 Å². The van der Waals surface area contributed by atoms with E-state index in [9.17, 15) is 18.8 Å². The minimum Gasteiger partial charge on any atom is -0.318 e. The van der Waals surface area contributed by atoms with Crippen molar-refractivity contribution in [1.29, 1.82) is 5.26 Å². The molecule has 25 heavy (non-hydrogen) atoms. The number of hydrogen-bond acceptors (Lipinski definition) is 3. The Morgan fingerprint density at radius 2 is 2.08 bits per heavy atom.